The highest BCUT2D eigenvalue weighted by atomic mass is 32.2. The molecule has 4 unspecified atom stereocenters. The number of rotatable bonds is 9. The summed E-state index contributed by atoms with van der Waals surface area (Å²) in [6, 6.07) is 2.29. The van der Waals surface area contributed by atoms with Gasteiger partial charge in [0, 0.05) is 41.2 Å². The SMILES string of the molecule is COC(=O)CCC1C(=O)N/C(=C/SC2=NC(C)(C#N)C(C)(CC(=O)OC(C)(C)C)C2CCC(=O)OC)C1(C)C. The minimum atomic E-state index is -1.26. The summed E-state index contributed by atoms with van der Waals surface area (Å²) in [6.07, 6.45) is 0.805. The Balaban J connectivity index is 2.40. The van der Waals surface area contributed by atoms with Crippen LogP contribution in [0.5, 0.6) is 0 Å². The topological polar surface area (TPSA) is 144 Å². The third kappa shape index (κ3) is 7.21. The Morgan fingerprint density at radius 2 is 1.56 bits per heavy atom. The second kappa shape index (κ2) is 12.1. The van der Waals surface area contributed by atoms with Crippen LogP contribution < -0.4 is 5.32 Å². The molecule has 2 aliphatic heterocycles. The van der Waals surface area contributed by atoms with Gasteiger partial charge in [0.1, 0.15) is 5.60 Å². The van der Waals surface area contributed by atoms with Crippen LogP contribution in [-0.4, -0.2) is 54.2 Å². The van der Waals surface area contributed by atoms with Crippen LogP contribution in [0.3, 0.4) is 0 Å². The number of ether oxygens (including phenoxy) is 3. The first-order valence-electron chi connectivity index (χ1n) is 13.0. The number of carbonyl (C=O) groups is 4. The molecule has 0 aromatic carbocycles. The van der Waals surface area contributed by atoms with Gasteiger partial charge in [0.15, 0.2) is 5.54 Å². The van der Waals surface area contributed by atoms with Crippen LogP contribution in [0.4, 0.5) is 0 Å². The molecule has 0 aliphatic carbocycles. The minimum absolute atomic E-state index is 0.0673. The van der Waals surface area contributed by atoms with Crippen molar-refractivity contribution in [3.05, 3.63) is 11.1 Å². The third-order valence-electron chi connectivity index (χ3n) is 7.83. The summed E-state index contributed by atoms with van der Waals surface area (Å²) in [5, 5.41) is 15.5. The smallest absolute Gasteiger partial charge is 0.307 e. The van der Waals surface area contributed by atoms with Gasteiger partial charge in [-0.1, -0.05) is 32.5 Å². The van der Waals surface area contributed by atoms with E-state index in [1.807, 2.05) is 20.8 Å². The normalized spacial score (nSPS) is 28.9. The van der Waals surface area contributed by atoms with Crippen molar-refractivity contribution in [2.24, 2.45) is 27.7 Å². The van der Waals surface area contributed by atoms with E-state index in [0.29, 0.717) is 23.6 Å². The summed E-state index contributed by atoms with van der Waals surface area (Å²) in [7, 11) is 2.63. The van der Waals surface area contributed by atoms with E-state index >= 15 is 0 Å². The zero-order valence-corrected chi connectivity index (χ0v) is 25.2. The van der Waals surface area contributed by atoms with Gasteiger partial charge in [-0.15, -0.1) is 0 Å². The molecule has 1 fully saturated rings. The molecule has 0 aromatic rings. The van der Waals surface area contributed by atoms with Gasteiger partial charge >= 0.3 is 17.9 Å². The van der Waals surface area contributed by atoms with Crippen molar-refractivity contribution in [2.75, 3.05) is 14.2 Å². The zero-order valence-electron chi connectivity index (χ0n) is 24.4. The van der Waals surface area contributed by atoms with Gasteiger partial charge in [0.2, 0.25) is 5.91 Å². The number of nitrogens with one attached hydrogen (secondary N) is 1. The maximum Gasteiger partial charge on any atom is 0.307 e. The number of carbonyl (C=O) groups excluding carboxylic acids is 4. The van der Waals surface area contributed by atoms with Crippen molar-refractivity contribution >= 4 is 40.6 Å². The lowest BCUT2D eigenvalue weighted by Gasteiger charge is -2.39. The number of aliphatic imine (C=N–C) groups is 1. The van der Waals surface area contributed by atoms with E-state index in [-0.39, 0.29) is 31.1 Å². The molecule has 0 spiro atoms. The molecule has 216 valence electrons. The molecule has 39 heavy (non-hydrogen) atoms. The minimum Gasteiger partial charge on any atom is -0.469 e. The fraction of sp³-hybridized carbons (Fsp3) is 0.714. The van der Waals surface area contributed by atoms with E-state index in [1.165, 1.54) is 26.0 Å². The van der Waals surface area contributed by atoms with E-state index in [2.05, 4.69) is 11.4 Å². The number of esters is 3. The lowest BCUT2D eigenvalue weighted by Crippen LogP contribution is -2.45. The number of allylic oxidation sites excluding steroid dienone is 1. The van der Waals surface area contributed by atoms with Crippen LogP contribution in [0.25, 0.3) is 0 Å². The van der Waals surface area contributed by atoms with Crippen LogP contribution in [0.1, 0.15) is 80.6 Å². The molecule has 0 bridgehead atoms. The molecule has 11 heteroatoms. The molecule has 4 atom stereocenters. The largest absolute Gasteiger partial charge is 0.469 e. The first-order valence-corrected chi connectivity index (χ1v) is 13.9. The first kappa shape index (κ1) is 32.3. The van der Waals surface area contributed by atoms with E-state index < -0.39 is 45.7 Å². The zero-order chi connectivity index (χ0) is 29.8. The van der Waals surface area contributed by atoms with Crippen molar-refractivity contribution in [1.29, 1.82) is 5.26 Å². The molecule has 0 saturated carbocycles. The molecular formula is C28H41N3O7S. The van der Waals surface area contributed by atoms with Crippen LogP contribution in [0, 0.1) is 34.0 Å². The van der Waals surface area contributed by atoms with Crippen molar-refractivity contribution in [3.63, 3.8) is 0 Å². The number of nitrogens with zero attached hydrogens (tertiary/aromatic N) is 2. The quantitative estimate of drug-likeness (QED) is 0.321. The van der Waals surface area contributed by atoms with Crippen LogP contribution in [0.15, 0.2) is 16.1 Å². The van der Waals surface area contributed by atoms with E-state index in [9.17, 15) is 24.4 Å². The van der Waals surface area contributed by atoms with Crippen LogP contribution in [0.2, 0.25) is 0 Å². The second-order valence-corrected chi connectivity index (χ2v) is 12.9. The van der Waals surface area contributed by atoms with Gasteiger partial charge in [-0.25, -0.2) is 0 Å². The second-order valence-electron chi connectivity index (χ2n) is 12.0. The average molecular weight is 564 g/mol. The summed E-state index contributed by atoms with van der Waals surface area (Å²) in [5.74, 6) is -2.26. The monoisotopic (exact) mass is 563 g/mol. The number of methoxy groups -OCH3 is 2. The Kier molecular flexibility index (Phi) is 10.0. The summed E-state index contributed by atoms with van der Waals surface area (Å²) in [5.41, 5.74) is -2.84. The molecule has 2 rings (SSSR count). The van der Waals surface area contributed by atoms with Gasteiger partial charge in [-0.3, -0.25) is 24.2 Å². The summed E-state index contributed by atoms with van der Waals surface area (Å²) in [6.45, 7) is 12.7. The van der Waals surface area contributed by atoms with E-state index in [1.54, 1.807) is 33.1 Å². The highest BCUT2D eigenvalue weighted by Gasteiger charge is 2.58. The lowest BCUT2D eigenvalue weighted by atomic mass is 9.64. The maximum atomic E-state index is 13.0. The lowest BCUT2D eigenvalue weighted by molar-refractivity contribution is -0.158. The number of hydrogen-bond donors (Lipinski definition) is 1. The summed E-state index contributed by atoms with van der Waals surface area (Å²) in [4.78, 5) is 54.2. The van der Waals surface area contributed by atoms with Gasteiger partial charge in [-0.2, -0.15) is 5.26 Å². The Morgan fingerprint density at radius 1 is 1.03 bits per heavy atom. The summed E-state index contributed by atoms with van der Waals surface area (Å²) >= 11 is 1.27. The Morgan fingerprint density at radius 3 is 2.05 bits per heavy atom. The van der Waals surface area contributed by atoms with E-state index in [4.69, 9.17) is 19.2 Å². The fourth-order valence-corrected chi connectivity index (χ4v) is 6.51. The van der Waals surface area contributed by atoms with Crippen molar-refractivity contribution in [2.45, 2.75) is 91.7 Å². The van der Waals surface area contributed by atoms with Crippen molar-refractivity contribution in [1.82, 2.24) is 5.32 Å². The van der Waals surface area contributed by atoms with Gasteiger partial charge in [0.05, 0.1) is 31.8 Å². The molecule has 1 amide bonds. The van der Waals surface area contributed by atoms with Gasteiger partial charge in [0.25, 0.3) is 0 Å². The van der Waals surface area contributed by atoms with Crippen LogP contribution >= 0.6 is 11.8 Å². The Labute approximate surface area is 235 Å². The van der Waals surface area contributed by atoms with E-state index in [0.717, 1.165) is 0 Å². The number of hydrogen-bond acceptors (Lipinski definition) is 10. The standard InChI is InChI=1S/C28H41N3O7S/c1-25(2,3)38-22(34)14-27(6)18(11-13-21(33)37-9)24(31-28(27,7)16-29)39-15-19-26(4,5)17(23(35)30-19)10-12-20(32)36-8/h15,17-18H,10-14H2,1-9H3,(H,30,35)/b19-15+. The molecular weight excluding hydrogens is 522 g/mol. The predicted molar refractivity (Wildman–Crippen MR) is 147 cm³/mol. The molecule has 0 aromatic heterocycles. The van der Waals surface area contributed by atoms with Crippen molar-refractivity contribution in [3.8, 4) is 6.07 Å². The molecule has 1 N–H and O–H groups in total. The van der Waals surface area contributed by atoms with Gasteiger partial charge in [-0.05, 0) is 45.9 Å². The number of thioether (sulfide) groups is 1. The average Bonchev–Trinajstić information content (AvgIpc) is 3.17. The summed E-state index contributed by atoms with van der Waals surface area (Å²) < 4.78 is 15.1. The maximum absolute atomic E-state index is 13.0. The highest BCUT2D eigenvalue weighted by Crippen LogP contribution is 2.54. The molecule has 2 aliphatic rings. The third-order valence-corrected chi connectivity index (χ3v) is 8.80. The Bertz CT molecular complexity index is 1100. The molecule has 0 radical (unpaired) electrons. The molecule has 2 heterocycles. The fourth-order valence-electron chi connectivity index (χ4n) is 5.13. The highest BCUT2D eigenvalue weighted by molar-refractivity contribution is 8.16. The first-order chi connectivity index (χ1) is 17.9. The molecule has 10 nitrogen and oxygen atoms in total. The van der Waals surface area contributed by atoms with Crippen molar-refractivity contribution < 1.29 is 33.4 Å². The molecule has 1 saturated heterocycles. The van der Waals surface area contributed by atoms with Crippen LogP contribution in [-0.2, 0) is 33.4 Å². The Hall–Kier alpha value is -2.87. The number of nitriles is 1. The van der Waals surface area contributed by atoms with Gasteiger partial charge < -0.3 is 19.5 Å². The predicted octanol–water partition coefficient (Wildman–Crippen LogP) is 4.29. The number of amides is 1.